The molecule has 2 rings (SSSR count). The predicted octanol–water partition coefficient (Wildman–Crippen LogP) is -0.110. The first kappa shape index (κ1) is 10.5. The van der Waals surface area contributed by atoms with Crippen molar-refractivity contribution in [3.05, 3.63) is 35.4 Å². The maximum Gasteiger partial charge on any atom is 0.268 e. The molecule has 1 amide bonds. The lowest BCUT2D eigenvalue weighted by molar-refractivity contribution is -0.123. The van der Waals surface area contributed by atoms with E-state index in [-0.39, 0.29) is 11.1 Å². The molecule has 0 atom stereocenters. The monoisotopic (exact) mass is 219 g/mol. The Morgan fingerprint density at radius 3 is 2.00 bits per heavy atom. The standard InChI is InChI=1S/C11H9NO4/c1-6(13)12-11(16)9(14)7-4-2-3-5-8(7)10(11)15/h2-5,16H,1H3,(H,12,13). The molecule has 16 heavy (non-hydrogen) atoms. The van der Waals surface area contributed by atoms with Crippen molar-refractivity contribution in [3.63, 3.8) is 0 Å². The van der Waals surface area contributed by atoms with E-state index in [1.54, 1.807) is 12.1 Å². The zero-order valence-electron chi connectivity index (χ0n) is 8.48. The molecule has 2 N–H and O–H groups in total. The molecule has 0 fully saturated rings. The van der Waals surface area contributed by atoms with Gasteiger partial charge in [-0.2, -0.15) is 0 Å². The molecule has 0 bridgehead atoms. The highest BCUT2D eigenvalue weighted by Crippen LogP contribution is 2.27. The van der Waals surface area contributed by atoms with Crippen LogP contribution in [0.4, 0.5) is 0 Å². The quantitative estimate of drug-likeness (QED) is 0.510. The van der Waals surface area contributed by atoms with Crippen LogP contribution < -0.4 is 5.32 Å². The van der Waals surface area contributed by atoms with E-state index < -0.39 is 23.2 Å². The van der Waals surface area contributed by atoms with E-state index in [4.69, 9.17) is 0 Å². The van der Waals surface area contributed by atoms with E-state index in [1.807, 2.05) is 5.32 Å². The molecule has 1 aromatic rings. The van der Waals surface area contributed by atoms with Gasteiger partial charge in [0.1, 0.15) is 0 Å². The van der Waals surface area contributed by atoms with Crippen molar-refractivity contribution in [1.82, 2.24) is 5.32 Å². The molecule has 82 valence electrons. The molecule has 0 aromatic heterocycles. The average Bonchev–Trinajstić information content (AvgIpc) is 2.42. The van der Waals surface area contributed by atoms with Crippen LogP contribution >= 0.6 is 0 Å². The molecule has 0 saturated heterocycles. The first-order valence-electron chi connectivity index (χ1n) is 4.66. The number of fused-ring (bicyclic) bond motifs is 1. The van der Waals surface area contributed by atoms with Crippen molar-refractivity contribution in [3.8, 4) is 0 Å². The fourth-order valence-corrected chi connectivity index (χ4v) is 1.74. The SMILES string of the molecule is CC(=O)NC1(O)C(=O)c2ccccc2C1=O. The number of ketones is 2. The first-order valence-corrected chi connectivity index (χ1v) is 4.66. The zero-order valence-corrected chi connectivity index (χ0v) is 8.48. The summed E-state index contributed by atoms with van der Waals surface area (Å²) in [6.45, 7) is 1.13. The van der Waals surface area contributed by atoms with Crippen LogP contribution in [0.25, 0.3) is 0 Å². The van der Waals surface area contributed by atoms with Crippen molar-refractivity contribution in [2.24, 2.45) is 0 Å². The molecule has 0 radical (unpaired) electrons. The fourth-order valence-electron chi connectivity index (χ4n) is 1.74. The molecular formula is C11H9NO4. The van der Waals surface area contributed by atoms with Crippen molar-refractivity contribution in [2.45, 2.75) is 12.6 Å². The van der Waals surface area contributed by atoms with Gasteiger partial charge in [0, 0.05) is 18.1 Å². The topological polar surface area (TPSA) is 83.5 Å². The largest absolute Gasteiger partial charge is 0.358 e. The van der Waals surface area contributed by atoms with Crippen LogP contribution in [0.5, 0.6) is 0 Å². The lowest BCUT2D eigenvalue weighted by Crippen LogP contribution is -2.56. The Kier molecular flexibility index (Phi) is 2.13. The predicted molar refractivity (Wildman–Crippen MR) is 53.9 cm³/mol. The van der Waals surface area contributed by atoms with E-state index in [2.05, 4.69) is 0 Å². The summed E-state index contributed by atoms with van der Waals surface area (Å²) in [5.41, 5.74) is -2.18. The summed E-state index contributed by atoms with van der Waals surface area (Å²) < 4.78 is 0. The van der Waals surface area contributed by atoms with Gasteiger partial charge in [0.2, 0.25) is 17.5 Å². The second kappa shape index (κ2) is 3.24. The second-order valence-corrected chi connectivity index (χ2v) is 3.60. The second-order valence-electron chi connectivity index (χ2n) is 3.60. The number of carbonyl (C=O) groups is 3. The van der Waals surface area contributed by atoms with E-state index in [0.717, 1.165) is 6.92 Å². The summed E-state index contributed by atoms with van der Waals surface area (Å²) in [6, 6.07) is 6.05. The highest BCUT2D eigenvalue weighted by Gasteiger charge is 2.52. The molecule has 0 unspecified atom stereocenters. The van der Waals surface area contributed by atoms with E-state index >= 15 is 0 Å². The maximum absolute atomic E-state index is 11.8. The smallest absolute Gasteiger partial charge is 0.268 e. The average molecular weight is 219 g/mol. The number of aliphatic hydroxyl groups is 1. The molecule has 1 aliphatic rings. The Morgan fingerprint density at radius 2 is 1.62 bits per heavy atom. The molecule has 1 aromatic carbocycles. The highest BCUT2D eigenvalue weighted by atomic mass is 16.3. The number of nitrogens with one attached hydrogen (secondary N) is 1. The van der Waals surface area contributed by atoms with Gasteiger partial charge in [-0.25, -0.2) is 0 Å². The van der Waals surface area contributed by atoms with Crippen LogP contribution in [0.1, 0.15) is 27.6 Å². The third-order valence-electron chi connectivity index (χ3n) is 2.43. The number of hydrogen-bond acceptors (Lipinski definition) is 4. The van der Waals surface area contributed by atoms with Crippen LogP contribution in [0.2, 0.25) is 0 Å². The number of Topliss-reactive ketones (excluding diaryl/α,β-unsaturated/α-hetero) is 2. The Bertz CT molecular complexity index is 471. The molecule has 0 heterocycles. The Morgan fingerprint density at radius 1 is 1.19 bits per heavy atom. The van der Waals surface area contributed by atoms with Gasteiger partial charge in [-0.15, -0.1) is 0 Å². The molecule has 5 heteroatoms. The minimum absolute atomic E-state index is 0.128. The number of benzene rings is 1. The lowest BCUT2D eigenvalue weighted by Gasteiger charge is -2.19. The summed E-state index contributed by atoms with van der Waals surface area (Å²) in [6.07, 6.45) is 0. The normalized spacial score (nSPS) is 17.1. The Labute approximate surface area is 91.1 Å². The molecule has 5 nitrogen and oxygen atoms in total. The van der Waals surface area contributed by atoms with Crippen LogP contribution in [0.15, 0.2) is 24.3 Å². The van der Waals surface area contributed by atoms with Gasteiger partial charge >= 0.3 is 0 Å². The lowest BCUT2D eigenvalue weighted by atomic mass is 10.1. The van der Waals surface area contributed by atoms with Gasteiger partial charge in [0.25, 0.3) is 5.72 Å². The highest BCUT2D eigenvalue weighted by molar-refractivity contribution is 6.32. The molecule has 1 aliphatic carbocycles. The van der Waals surface area contributed by atoms with E-state index in [1.165, 1.54) is 12.1 Å². The molecule has 0 spiro atoms. The van der Waals surface area contributed by atoms with Gasteiger partial charge in [0.15, 0.2) is 0 Å². The van der Waals surface area contributed by atoms with Crippen molar-refractivity contribution in [1.29, 1.82) is 0 Å². The van der Waals surface area contributed by atoms with Gasteiger partial charge in [-0.1, -0.05) is 24.3 Å². The van der Waals surface area contributed by atoms with Crippen LogP contribution in [0.3, 0.4) is 0 Å². The summed E-state index contributed by atoms with van der Waals surface area (Å²) in [5, 5.41) is 11.9. The van der Waals surface area contributed by atoms with Crippen molar-refractivity contribution in [2.75, 3.05) is 0 Å². The zero-order chi connectivity index (χ0) is 11.9. The number of carbonyl (C=O) groups excluding carboxylic acids is 3. The van der Waals surface area contributed by atoms with Crippen molar-refractivity contribution >= 4 is 17.5 Å². The van der Waals surface area contributed by atoms with Gasteiger partial charge in [0.05, 0.1) is 0 Å². The number of hydrogen-bond donors (Lipinski definition) is 2. The van der Waals surface area contributed by atoms with Gasteiger partial charge in [-0.3, -0.25) is 14.4 Å². The summed E-state index contributed by atoms with van der Waals surface area (Å²) in [7, 11) is 0. The van der Waals surface area contributed by atoms with E-state index in [0.29, 0.717) is 0 Å². The van der Waals surface area contributed by atoms with Gasteiger partial charge < -0.3 is 10.4 Å². The third kappa shape index (κ3) is 1.25. The fraction of sp³-hybridized carbons (Fsp3) is 0.182. The van der Waals surface area contributed by atoms with E-state index in [9.17, 15) is 19.5 Å². The molecular weight excluding hydrogens is 210 g/mol. The van der Waals surface area contributed by atoms with Gasteiger partial charge in [-0.05, 0) is 0 Å². The molecule has 0 aliphatic heterocycles. The van der Waals surface area contributed by atoms with Crippen LogP contribution in [-0.2, 0) is 4.79 Å². The third-order valence-corrected chi connectivity index (χ3v) is 2.43. The minimum Gasteiger partial charge on any atom is -0.358 e. The summed E-state index contributed by atoms with van der Waals surface area (Å²) in [5.74, 6) is -2.22. The first-order chi connectivity index (χ1) is 7.47. The van der Waals surface area contributed by atoms with Crippen LogP contribution in [-0.4, -0.2) is 28.3 Å². The summed E-state index contributed by atoms with van der Waals surface area (Å²) in [4.78, 5) is 34.4. The minimum atomic E-state index is -2.43. The van der Waals surface area contributed by atoms with Crippen molar-refractivity contribution < 1.29 is 19.5 Å². The number of rotatable bonds is 1. The number of amides is 1. The Hall–Kier alpha value is -2.01. The molecule has 0 saturated carbocycles. The summed E-state index contributed by atoms with van der Waals surface area (Å²) >= 11 is 0. The van der Waals surface area contributed by atoms with Crippen LogP contribution in [0, 0.1) is 0 Å². The Balaban J connectivity index is 2.53. The maximum atomic E-state index is 11.8.